The maximum Gasteiger partial charge on any atom is 0.277 e. The van der Waals surface area contributed by atoms with Crippen molar-refractivity contribution in [2.45, 2.75) is 27.2 Å². The molecule has 0 saturated heterocycles. The fraction of sp³-hybridized carbons (Fsp3) is 0.300. The van der Waals surface area contributed by atoms with Gasteiger partial charge in [0.05, 0.1) is 0 Å². The number of nitrogens with zero attached hydrogens (tertiary/aromatic N) is 1. The smallest absolute Gasteiger partial charge is 0.277 e. The number of amides is 1. The molecule has 0 aliphatic heterocycles. The molecule has 0 aromatic heterocycles. The summed E-state index contributed by atoms with van der Waals surface area (Å²) in [6, 6.07) is 17.6. The minimum atomic E-state index is -0.263. The summed E-state index contributed by atoms with van der Waals surface area (Å²) in [4.78, 5) is 11.9. The van der Waals surface area contributed by atoms with Crippen molar-refractivity contribution in [2.24, 2.45) is 11.0 Å². The second-order valence-corrected chi connectivity index (χ2v) is 5.75. The minimum Gasteiger partial charge on any atom is -0.483 e. The molecule has 126 valence electrons. The summed E-state index contributed by atoms with van der Waals surface area (Å²) in [6.45, 7) is 6.02. The summed E-state index contributed by atoms with van der Waals surface area (Å²) in [7, 11) is 0. The topological polar surface area (TPSA) is 50.7 Å². The predicted molar refractivity (Wildman–Crippen MR) is 98.1 cm³/mol. The van der Waals surface area contributed by atoms with E-state index in [0.717, 1.165) is 23.3 Å². The number of carbonyl (C=O) groups excluding carboxylic acids is 1. The lowest BCUT2D eigenvalue weighted by Crippen LogP contribution is -2.26. The highest BCUT2D eigenvalue weighted by Gasteiger charge is 2.08. The van der Waals surface area contributed by atoms with Crippen LogP contribution in [0.5, 0.6) is 5.75 Å². The molecule has 0 radical (unpaired) electrons. The standard InChI is InChI=1S/C20H24N2O2/c1-4-15(2)16(3)21-22-20(23)14-24-19-13-9-8-12-18(19)17-10-6-5-7-11-17/h5-13,15H,4,14H2,1-3H3,(H,22,23)/b21-16-/t15-/m1/s1. The van der Waals surface area contributed by atoms with Crippen molar-refractivity contribution in [1.82, 2.24) is 5.43 Å². The van der Waals surface area contributed by atoms with Gasteiger partial charge >= 0.3 is 0 Å². The van der Waals surface area contributed by atoms with E-state index >= 15 is 0 Å². The summed E-state index contributed by atoms with van der Waals surface area (Å²) in [6.07, 6.45) is 0.992. The molecule has 0 heterocycles. The molecule has 0 aliphatic rings. The summed E-state index contributed by atoms with van der Waals surface area (Å²) in [5.41, 5.74) is 5.48. The molecule has 1 amide bonds. The van der Waals surface area contributed by atoms with Crippen molar-refractivity contribution < 1.29 is 9.53 Å². The number of hydrazone groups is 1. The first-order chi connectivity index (χ1) is 11.6. The van der Waals surface area contributed by atoms with E-state index < -0.39 is 0 Å². The molecule has 0 unspecified atom stereocenters. The van der Waals surface area contributed by atoms with Gasteiger partial charge in [-0.2, -0.15) is 5.10 Å². The molecule has 2 aromatic carbocycles. The third kappa shape index (κ3) is 4.95. The van der Waals surface area contributed by atoms with E-state index in [0.29, 0.717) is 11.7 Å². The summed E-state index contributed by atoms with van der Waals surface area (Å²) >= 11 is 0. The van der Waals surface area contributed by atoms with Crippen LogP contribution in [0, 0.1) is 5.92 Å². The summed E-state index contributed by atoms with van der Waals surface area (Å²) < 4.78 is 5.69. The number of rotatable bonds is 7. The number of para-hydroxylation sites is 1. The summed E-state index contributed by atoms with van der Waals surface area (Å²) in [5.74, 6) is 0.770. The van der Waals surface area contributed by atoms with Crippen LogP contribution in [0.2, 0.25) is 0 Å². The third-order valence-corrected chi connectivity index (χ3v) is 4.01. The molecule has 4 nitrogen and oxygen atoms in total. The van der Waals surface area contributed by atoms with Crippen LogP contribution in [0.4, 0.5) is 0 Å². The van der Waals surface area contributed by atoms with Gasteiger partial charge in [-0.25, -0.2) is 5.43 Å². The lowest BCUT2D eigenvalue weighted by Gasteiger charge is -2.11. The zero-order chi connectivity index (χ0) is 17.4. The first-order valence-electron chi connectivity index (χ1n) is 8.22. The van der Waals surface area contributed by atoms with Crippen LogP contribution in [0.1, 0.15) is 27.2 Å². The monoisotopic (exact) mass is 324 g/mol. The first kappa shape index (κ1) is 17.7. The zero-order valence-electron chi connectivity index (χ0n) is 14.5. The van der Waals surface area contributed by atoms with Crippen molar-refractivity contribution in [3.05, 3.63) is 54.6 Å². The highest BCUT2D eigenvalue weighted by atomic mass is 16.5. The normalized spacial score (nSPS) is 12.5. The van der Waals surface area contributed by atoms with Gasteiger partial charge in [-0.05, 0) is 30.9 Å². The second-order valence-electron chi connectivity index (χ2n) is 5.75. The number of hydrogen-bond acceptors (Lipinski definition) is 3. The van der Waals surface area contributed by atoms with E-state index in [4.69, 9.17) is 4.74 Å². The van der Waals surface area contributed by atoms with Crippen molar-refractivity contribution >= 4 is 11.6 Å². The Morgan fingerprint density at radius 2 is 1.79 bits per heavy atom. The number of nitrogens with one attached hydrogen (secondary N) is 1. The SMILES string of the molecule is CC[C@@H](C)/C(C)=N\NC(=O)COc1ccccc1-c1ccccc1. The molecule has 0 aliphatic carbocycles. The van der Waals surface area contributed by atoms with Crippen molar-refractivity contribution in [3.63, 3.8) is 0 Å². The van der Waals surface area contributed by atoms with Crippen LogP contribution in [-0.4, -0.2) is 18.2 Å². The zero-order valence-corrected chi connectivity index (χ0v) is 14.5. The quantitative estimate of drug-likeness (QED) is 0.611. The van der Waals surface area contributed by atoms with Gasteiger partial charge in [0.15, 0.2) is 6.61 Å². The average molecular weight is 324 g/mol. The Bertz CT molecular complexity index is 696. The van der Waals surface area contributed by atoms with E-state index in [2.05, 4.69) is 24.4 Å². The Labute approximate surface area is 143 Å². The van der Waals surface area contributed by atoms with E-state index in [1.54, 1.807) is 0 Å². The fourth-order valence-electron chi connectivity index (χ4n) is 2.18. The van der Waals surface area contributed by atoms with Gasteiger partial charge in [0.2, 0.25) is 0 Å². The van der Waals surface area contributed by atoms with Gasteiger partial charge < -0.3 is 4.74 Å². The Hall–Kier alpha value is -2.62. The Morgan fingerprint density at radius 1 is 1.12 bits per heavy atom. The van der Waals surface area contributed by atoms with Crippen LogP contribution in [0.3, 0.4) is 0 Å². The van der Waals surface area contributed by atoms with E-state index in [9.17, 15) is 4.79 Å². The molecule has 0 fully saturated rings. The molecular weight excluding hydrogens is 300 g/mol. The lowest BCUT2D eigenvalue weighted by molar-refractivity contribution is -0.123. The summed E-state index contributed by atoms with van der Waals surface area (Å²) in [5, 5.41) is 4.12. The maximum absolute atomic E-state index is 11.9. The van der Waals surface area contributed by atoms with E-state index in [-0.39, 0.29) is 12.5 Å². The number of benzene rings is 2. The van der Waals surface area contributed by atoms with Crippen LogP contribution in [0.15, 0.2) is 59.7 Å². The third-order valence-electron chi connectivity index (χ3n) is 4.01. The fourth-order valence-corrected chi connectivity index (χ4v) is 2.18. The van der Waals surface area contributed by atoms with Gasteiger partial charge in [0, 0.05) is 11.3 Å². The highest BCUT2D eigenvalue weighted by Crippen LogP contribution is 2.29. The molecule has 0 saturated carbocycles. The molecule has 1 N–H and O–H groups in total. The predicted octanol–water partition coefficient (Wildman–Crippen LogP) is 4.27. The number of hydrogen-bond donors (Lipinski definition) is 1. The Balaban J connectivity index is 1.99. The highest BCUT2D eigenvalue weighted by molar-refractivity contribution is 5.86. The Morgan fingerprint density at radius 3 is 2.50 bits per heavy atom. The van der Waals surface area contributed by atoms with E-state index in [1.807, 2.05) is 61.5 Å². The Kier molecular flexibility index (Phi) is 6.55. The van der Waals surface area contributed by atoms with Gasteiger partial charge in [0.1, 0.15) is 5.75 Å². The molecule has 1 atom stereocenters. The average Bonchev–Trinajstić information content (AvgIpc) is 2.64. The molecular formula is C20H24N2O2. The van der Waals surface area contributed by atoms with Crippen molar-refractivity contribution in [3.8, 4) is 16.9 Å². The number of carbonyl (C=O) groups is 1. The van der Waals surface area contributed by atoms with Gasteiger partial charge in [-0.15, -0.1) is 0 Å². The second kappa shape index (κ2) is 8.87. The van der Waals surface area contributed by atoms with Crippen LogP contribution in [0.25, 0.3) is 11.1 Å². The van der Waals surface area contributed by atoms with Crippen LogP contribution in [-0.2, 0) is 4.79 Å². The molecule has 2 rings (SSSR count). The largest absolute Gasteiger partial charge is 0.483 e. The molecule has 24 heavy (non-hydrogen) atoms. The van der Waals surface area contributed by atoms with Gasteiger partial charge in [0.25, 0.3) is 5.91 Å². The van der Waals surface area contributed by atoms with Crippen LogP contribution < -0.4 is 10.2 Å². The van der Waals surface area contributed by atoms with Gasteiger partial charge in [-0.3, -0.25) is 4.79 Å². The molecule has 0 bridgehead atoms. The van der Waals surface area contributed by atoms with Gasteiger partial charge in [-0.1, -0.05) is 62.4 Å². The molecule has 0 spiro atoms. The minimum absolute atomic E-state index is 0.0683. The molecule has 2 aromatic rings. The first-order valence-corrected chi connectivity index (χ1v) is 8.22. The van der Waals surface area contributed by atoms with Crippen molar-refractivity contribution in [2.75, 3.05) is 6.61 Å². The molecule has 4 heteroatoms. The maximum atomic E-state index is 11.9. The van der Waals surface area contributed by atoms with Crippen LogP contribution >= 0.6 is 0 Å². The number of ether oxygens (including phenoxy) is 1. The van der Waals surface area contributed by atoms with E-state index in [1.165, 1.54) is 0 Å². The lowest BCUT2D eigenvalue weighted by atomic mass is 10.1. The van der Waals surface area contributed by atoms with Crippen molar-refractivity contribution in [1.29, 1.82) is 0 Å².